The summed E-state index contributed by atoms with van der Waals surface area (Å²) < 4.78 is 5.82. The van der Waals surface area contributed by atoms with Crippen LogP contribution in [0.25, 0.3) is 0 Å². The number of rotatable bonds is 4. The molecule has 0 bridgehead atoms. The van der Waals surface area contributed by atoms with Crippen molar-refractivity contribution in [2.24, 2.45) is 0 Å². The molecule has 1 N–H and O–H groups in total. The SMILES string of the molecule is COCc1ncc(C(=O)NC2CCCc3sc(Cl)cc32)s1. The molecule has 2 aromatic heterocycles. The molecule has 1 atom stereocenters. The van der Waals surface area contributed by atoms with Crippen LogP contribution >= 0.6 is 34.3 Å². The van der Waals surface area contributed by atoms with Crippen molar-refractivity contribution in [3.63, 3.8) is 0 Å². The number of hydrogen-bond acceptors (Lipinski definition) is 5. The lowest BCUT2D eigenvalue weighted by molar-refractivity contribution is 0.0937. The molecule has 0 fully saturated rings. The molecule has 0 aromatic carbocycles. The second-order valence-electron chi connectivity index (χ2n) is 4.90. The third-order valence-electron chi connectivity index (χ3n) is 3.43. The number of ether oxygens (including phenoxy) is 1. The van der Waals surface area contributed by atoms with E-state index in [1.165, 1.54) is 21.8 Å². The van der Waals surface area contributed by atoms with Gasteiger partial charge in [-0.25, -0.2) is 4.98 Å². The number of methoxy groups -OCH3 is 1. The number of nitrogens with zero attached hydrogens (tertiary/aromatic N) is 1. The number of thiophene rings is 1. The van der Waals surface area contributed by atoms with Gasteiger partial charge in [0.25, 0.3) is 5.91 Å². The number of carbonyl (C=O) groups is 1. The van der Waals surface area contributed by atoms with E-state index in [2.05, 4.69) is 10.3 Å². The monoisotopic (exact) mass is 342 g/mol. The van der Waals surface area contributed by atoms with Gasteiger partial charge in [-0.05, 0) is 30.9 Å². The lowest BCUT2D eigenvalue weighted by Crippen LogP contribution is -2.29. The minimum absolute atomic E-state index is 0.0537. The van der Waals surface area contributed by atoms with Crippen LogP contribution < -0.4 is 5.32 Å². The molecule has 1 unspecified atom stereocenters. The molecule has 21 heavy (non-hydrogen) atoms. The third-order valence-corrected chi connectivity index (χ3v) is 5.74. The summed E-state index contributed by atoms with van der Waals surface area (Å²) in [6.07, 6.45) is 4.69. The number of thiazole rings is 1. The zero-order valence-electron chi connectivity index (χ0n) is 11.5. The predicted octanol–water partition coefficient (Wildman–Crippen LogP) is 3.81. The van der Waals surface area contributed by atoms with Crippen LogP contribution in [0.15, 0.2) is 12.3 Å². The highest BCUT2D eigenvalue weighted by Gasteiger charge is 2.25. The Bertz CT molecular complexity index is 653. The van der Waals surface area contributed by atoms with E-state index in [-0.39, 0.29) is 11.9 Å². The van der Waals surface area contributed by atoms with Crippen molar-refractivity contribution in [1.82, 2.24) is 10.3 Å². The standard InChI is InChI=1S/C14H15ClN2O2S2/c1-19-7-13-16-6-11(21-13)14(18)17-9-3-2-4-10-8(9)5-12(15)20-10/h5-6,9H,2-4,7H2,1H3,(H,17,18). The third kappa shape index (κ3) is 3.29. The molecule has 0 saturated carbocycles. The van der Waals surface area contributed by atoms with Crippen molar-refractivity contribution in [3.05, 3.63) is 36.9 Å². The van der Waals surface area contributed by atoms with E-state index in [0.717, 1.165) is 28.6 Å². The van der Waals surface area contributed by atoms with Crippen LogP contribution in [0.4, 0.5) is 0 Å². The first-order valence-electron chi connectivity index (χ1n) is 6.70. The van der Waals surface area contributed by atoms with E-state index in [0.29, 0.717) is 11.5 Å². The normalized spacial score (nSPS) is 17.5. The van der Waals surface area contributed by atoms with E-state index in [1.807, 2.05) is 6.07 Å². The fraction of sp³-hybridized carbons (Fsp3) is 0.429. The fourth-order valence-corrected chi connectivity index (χ4v) is 4.68. The minimum Gasteiger partial charge on any atom is -0.378 e. The average molecular weight is 343 g/mol. The van der Waals surface area contributed by atoms with Crippen molar-refractivity contribution in [1.29, 1.82) is 0 Å². The highest BCUT2D eigenvalue weighted by molar-refractivity contribution is 7.16. The van der Waals surface area contributed by atoms with Crippen molar-refractivity contribution in [2.75, 3.05) is 7.11 Å². The zero-order chi connectivity index (χ0) is 14.8. The van der Waals surface area contributed by atoms with Crippen LogP contribution in [0.5, 0.6) is 0 Å². The first-order chi connectivity index (χ1) is 10.2. The van der Waals surface area contributed by atoms with Crippen LogP contribution in [0.3, 0.4) is 0 Å². The van der Waals surface area contributed by atoms with E-state index >= 15 is 0 Å². The van der Waals surface area contributed by atoms with Crippen molar-refractivity contribution >= 4 is 40.2 Å². The molecule has 0 aliphatic heterocycles. The van der Waals surface area contributed by atoms with E-state index in [4.69, 9.17) is 16.3 Å². The Hall–Kier alpha value is -0.950. The van der Waals surface area contributed by atoms with Crippen LogP contribution in [-0.4, -0.2) is 18.0 Å². The number of carbonyl (C=O) groups excluding carboxylic acids is 1. The Kier molecular flexibility index (Phi) is 4.59. The number of fused-ring (bicyclic) bond motifs is 1. The second kappa shape index (κ2) is 6.44. The molecule has 112 valence electrons. The number of aryl methyl sites for hydroxylation is 1. The molecule has 3 rings (SSSR count). The summed E-state index contributed by atoms with van der Waals surface area (Å²) in [4.78, 5) is 18.4. The van der Waals surface area contributed by atoms with Gasteiger partial charge in [0.05, 0.1) is 23.2 Å². The minimum atomic E-state index is -0.0741. The Labute approximate surface area is 136 Å². The molecule has 0 saturated heterocycles. The van der Waals surface area contributed by atoms with Gasteiger partial charge in [-0.3, -0.25) is 4.79 Å². The molecular weight excluding hydrogens is 328 g/mol. The molecule has 4 nitrogen and oxygen atoms in total. The number of nitrogens with one attached hydrogen (secondary N) is 1. The quantitative estimate of drug-likeness (QED) is 0.919. The summed E-state index contributed by atoms with van der Waals surface area (Å²) in [5.74, 6) is -0.0741. The van der Waals surface area contributed by atoms with Gasteiger partial charge in [0, 0.05) is 12.0 Å². The first kappa shape index (κ1) is 15.0. The average Bonchev–Trinajstić information content (AvgIpc) is 3.05. The van der Waals surface area contributed by atoms with Gasteiger partial charge in [-0.2, -0.15) is 0 Å². The van der Waals surface area contributed by atoms with Crippen LogP contribution in [0.1, 0.15) is 44.0 Å². The Morgan fingerprint density at radius 1 is 1.57 bits per heavy atom. The maximum atomic E-state index is 12.3. The lowest BCUT2D eigenvalue weighted by Gasteiger charge is -2.23. The summed E-state index contributed by atoms with van der Waals surface area (Å²) >= 11 is 9.08. The summed E-state index contributed by atoms with van der Waals surface area (Å²) in [6, 6.07) is 2.03. The highest BCUT2D eigenvalue weighted by atomic mass is 35.5. The molecule has 1 aliphatic carbocycles. The predicted molar refractivity (Wildman–Crippen MR) is 85.3 cm³/mol. The maximum Gasteiger partial charge on any atom is 0.263 e. The van der Waals surface area contributed by atoms with Gasteiger partial charge in [0.1, 0.15) is 9.88 Å². The largest absolute Gasteiger partial charge is 0.378 e. The number of aromatic nitrogens is 1. The summed E-state index contributed by atoms with van der Waals surface area (Å²) in [7, 11) is 1.62. The Morgan fingerprint density at radius 2 is 2.43 bits per heavy atom. The molecule has 2 aromatic rings. The second-order valence-corrected chi connectivity index (χ2v) is 7.78. The van der Waals surface area contributed by atoms with Crippen molar-refractivity contribution < 1.29 is 9.53 Å². The van der Waals surface area contributed by atoms with Gasteiger partial charge in [-0.15, -0.1) is 22.7 Å². The molecule has 0 radical (unpaired) electrons. The van der Waals surface area contributed by atoms with Crippen LogP contribution in [0.2, 0.25) is 4.34 Å². The fourth-order valence-electron chi connectivity index (χ4n) is 2.51. The summed E-state index contributed by atoms with van der Waals surface area (Å²) in [5.41, 5.74) is 1.17. The van der Waals surface area contributed by atoms with E-state index in [1.54, 1.807) is 24.6 Å². The van der Waals surface area contributed by atoms with Crippen LogP contribution in [0, 0.1) is 0 Å². The number of hydrogen-bond donors (Lipinski definition) is 1. The topological polar surface area (TPSA) is 51.2 Å². The molecule has 7 heteroatoms. The van der Waals surface area contributed by atoms with Gasteiger partial charge in [0.15, 0.2) is 0 Å². The maximum absolute atomic E-state index is 12.3. The first-order valence-corrected chi connectivity index (χ1v) is 8.71. The summed E-state index contributed by atoms with van der Waals surface area (Å²) in [5, 5.41) is 3.91. The molecule has 2 heterocycles. The lowest BCUT2D eigenvalue weighted by atomic mass is 9.94. The number of amides is 1. The smallest absolute Gasteiger partial charge is 0.263 e. The Balaban J connectivity index is 1.72. The summed E-state index contributed by atoms with van der Waals surface area (Å²) in [6.45, 7) is 0.436. The Morgan fingerprint density at radius 3 is 3.24 bits per heavy atom. The van der Waals surface area contributed by atoms with Gasteiger partial charge < -0.3 is 10.1 Å². The molecule has 1 aliphatic rings. The molecular formula is C14H15ClN2O2S2. The van der Waals surface area contributed by atoms with Crippen molar-refractivity contribution in [3.8, 4) is 0 Å². The van der Waals surface area contributed by atoms with Crippen LogP contribution in [-0.2, 0) is 17.8 Å². The molecule has 1 amide bonds. The van der Waals surface area contributed by atoms with Crippen molar-refractivity contribution in [2.45, 2.75) is 31.9 Å². The van der Waals surface area contributed by atoms with E-state index in [9.17, 15) is 4.79 Å². The van der Waals surface area contributed by atoms with E-state index < -0.39 is 0 Å². The zero-order valence-corrected chi connectivity index (χ0v) is 13.9. The molecule has 0 spiro atoms. The van der Waals surface area contributed by atoms with Gasteiger partial charge in [-0.1, -0.05) is 11.6 Å². The van der Waals surface area contributed by atoms with Gasteiger partial charge in [0.2, 0.25) is 0 Å². The van der Waals surface area contributed by atoms with Gasteiger partial charge >= 0.3 is 0 Å². The highest BCUT2D eigenvalue weighted by Crippen LogP contribution is 2.38. The number of halogens is 1.